The first-order valence-electron chi connectivity index (χ1n) is 4.36. The van der Waals surface area contributed by atoms with Gasteiger partial charge in [0, 0.05) is 13.0 Å². The summed E-state index contributed by atoms with van der Waals surface area (Å²) in [7, 11) is 0. The highest BCUT2D eigenvalue weighted by molar-refractivity contribution is 5.82. The molecule has 0 bridgehead atoms. The Morgan fingerprint density at radius 1 is 1.62 bits per heavy atom. The first-order valence-corrected chi connectivity index (χ1v) is 4.36. The minimum absolute atomic E-state index is 0.136. The molecule has 74 valence electrons. The summed E-state index contributed by atoms with van der Waals surface area (Å²) in [6.45, 7) is 6.29. The lowest BCUT2D eigenvalue weighted by Crippen LogP contribution is -2.48. The Bertz CT molecular complexity index is 210. The normalized spacial score (nSPS) is 13.2. The predicted molar refractivity (Wildman–Crippen MR) is 53.9 cm³/mol. The Hall–Kier alpha value is -1.01. The van der Waals surface area contributed by atoms with E-state index in [0.29, 0.717) is 13.0 Å². The van der Waals surface area contributed by atoms with Crippen LogP contribution >= 0.6 is 0 Å². The number of nitrogens with one attached hydrogen (secondary N) is 1. The van der Waals surface area contributed by atoms with Gasteiger partial charge in [0.15, 0.2) is 0 Å². The Morgan fingerprint density at radius 2 is 2.15 bits per heavy atom. The van der Waals surface area contributed by atoms with Crippen molar-refractivity contribution in [2.75, 3.05) is 6.54 Å². The molecule has 1 amide bonds. The van der Waals surface area contributed by atoms with E-state index in [0.717, 1.165) is 0 Å². The lowest BCUT2D eigenvalue weighted by atomic mass is 9.87. The zero-order chi connectivity index (χ0) is 10.5. The SMILES string of the molecule is C#CCCNC(=O)C(N)C(C)(C)C. The van der Waals surface area contributed by atoms with Crippen molar-refractivity contribution in [3.63, 3.8) is 0 Å². The second kappa shape index (κ2) is 4.88. The van der Waals surface area contributed by atoms with Gasteiger partial charge in [-0.05, 0) is 5.41 Å². The third kappa shape index (κ3) is 4.54. The van der Waals surface area contributed by atoms with Crippen molar-refractivity contribution in [3.8, 4) is 12.3 Å². The third-order valence-corrected chi connectivity index (χ3v) is 1.78. The maximum atomic E-state index is 11.4. The van der Waals surface area contributed by atoms with E-state index in [1.807, 2.05) is 20.8 Å². The lowest BCUT2D eigenvalue weighted by molar-refractivity contribution is -0.124. The molecule has 0 aliphatic carbocycles. The molecule has 0 heterocycles. The monoisotopic (exact) mass is 182 g/mol. The van der Waals surface area contributed by atoms with Gasteiger partial charge in [0.05, 0.1) is 6.04 Å². The highest BCUT2D eigenvalue weighted by Gasteiger charge is 2.26. The Kier molecular flexibility index (Phi) is 4.50. The fraction of sp³-hybridized carbons (Fsp3) is 0.700. The van der Waals surface area contributed by atoms with Crippen molar-refractivity contribution in [1.82, 2.24) is 5.32 Å². The Balaban J connectivity index is 3.92. The second-order valence-electron chi connectivity index (χ2n) is 4.09. The fourth-order valence-electron chi connectivity index (χ4n) is 0.761. The van der Waals surface area contributed by atoms with Crippen LogP contribution in [0.1, 0.15) is 27.2 Å². The Labute approximate surface area is 80.1 Å². The zero-order valence-electron chi connectivity index (χ0n) is 8.55. The molecule has 0 aromatic rings. The van der Waals surface area contributed by atoms with E-state index in [1.165, 1.54) is 0 Å². The van der Waals surface area contributed by atoms with Gasteiger partial charge in [-0.25, -0.2) is 0 Å². The van der Waals surface area contributed by atoms with Crippen molar-refractivity contribution in [2.45, 2.75) is 33.2 Å². The van der Waals surface area contributed by atoms with Gasteiger partial charge in [0.2, 0.25) is 5.91 Å². The zero-order valence-corrected chi connectivity index (χ0v) is 8.55. The molecule has 3 heteroatoms. The van der Waals surface area contributed by atoms with Gasteiger partial charge in [-0.1, -0.05) is 20.8 Å². The number of hydrogen-bond acceptors (Lipinski definition) is 2. The minimum Gasteiger partial charge on any atom is -0.354 e. The highest BCUT2D eigenvalue weighted by atomic mass is 16.2. The molecule has 0 radical (unpaired) electrons. The molecule has 0 spiro atoms. The maximum Gasteiger partial charge on any atom is 0.237 e. The maximum absolute atomic E-state index is 11.4. The average Bonchev–Trinajstić information content (AvgIpc) is 2.01. The molecule has 0 aliphatic heterocycles. The van der Waals surface area contributed by atoms with Crippen LogP contribution in [-0.2, 0) is 4.79 Å². The summed E-state index contributed by atoms with van der Waals surface area (Å²) in [5.74, 6) is 2.31. The first kappa shape index (κ1) is 12.0. The summed E-state index contributed by atoms with van der Waals surface area (Å²) in [5.41, 5.74) is 5.50. The number of nitrogens with two attached hydrogens (primary N) is 1. The van der Waals surface area contributed by atoms with Crippen molar-refractivity contribution in [2.24, 2.45) is 11.1 Å². The molecule has 0 aliphatic rings. The smallest absolute Gasteiger partial charge is 0.237 e. The minimum atomic E-state index is -0.481. The van der Waals surface area contributed by atoms with Crippen LogP contribution in [0.15, 0.2) is 0 Å². The van der Waals surface area contributed by atoms with E-state index in [-0.39, 0.29) is 11.3 Å². The number of amides is 1. The van der Waals surface area contributed by atoms with Crippen LogP contribution in [-0.4, -0.2) is 18.5 Å². The van der Waals surface area contributed by atoms with Crippen LogP contribution in [0, 0.1) is 17.8 Å². The van der Waals surface area contributed by atoms with E-state index in [4.69, 9.17) is 12.2 Å². The summed E-state index contributed by atoms with van der Waals surface area (Å²) >= 11 is 0. The van der Waals surface area contributed by atoms with E-state index >= 15 is 0 Å². The first-order chi connectivity index (χ1) is 5.89. The van der Waals surface area contributed by atoms with Crippen molar-refractivity contribution < 1.29 is 4.79 Å². The topological polar surface area (TPSA) is 55.1 Å². The molecule has 13 heavy (non-hydrogen) atoms. The van der Waals surface area contributed by atoms with Gasteiger partial charge in [0.25, 0.3) is 0 Å². The van der Waals surface area contributed by atoms with Gasteiger partial charge >= 0.3 is 0 Å². The summed E-state index contributed by atoms with van der Waals surface area (Å²) in [4.78, 5) is 11.4. The number of carbonyl (C=O) groups excluding carboxylic acids is 1. The molecular formula is C10H18N2O. The number of terminal acetylenes is 1. The summed E-state index contributed by atoms with van der Waals surface area (Å²) < 4.78 is 0. The second-order valence-corrected chi connectivity index (χ2v) is 4.09. The van der Waals surface area contributed by atoms with Gasteiger partial charge in [-0.3, -0.25) is 4.79 Å². The summed E-state index contributed by atoms with van der Waals surface area (Å²) in [6.07, 6.45) is 5.59. The predicted octanol–water partition coefficient (Wildman–Crippen LogP) is 0.499. The van der Waals surface area contributed by atoms with E-state index < -0.39 is 6.04 Å². The van der Waals surface area contributed by atoms with Crippen LogP contribution in [0.25, 0.3) is 0 Å². The van der Waals surface area contributed by atoms with Crippen LogP contribution in [0.4, 0.5) is 0 Å². The van der Waals surface area contributed by atoms with E-state index in [2.05, 4.69) is 11.2 Å². The third-order valence-electron chi connectivity index (χ3n) is 1.78. The Morgan fingerprint density at radius 3 is 2.54 bits per heavy atom. The van der Waals surface area contributed by atoms with Crippen molar-refractivity contribution >= 4 is 5.91 Å². The molecule has 1 atom stereocenters. The molecular weight excluding hydrogens is 164 g/mol. The van der Waals surface area contributed by atoms with Crippen LogP contribution in [0.5, 0.6) is 0 Å². The lowest BCUT2D eigenvalue weighted by Gasteiger charge is -2.25. The molecule has 0 aromatic heterocycles. The highest BCUT2D eigenvalue weighted by Crippen LogP contribution is 2.16. The molecule has 0 aromatic carbocycles. The van der Waals surface area contributed by atoms with Gasteiger partial charge in [-0.2, -0.15) is 0 Å². The number of rotatable bonds is 3. The molecule has 1 unspecified atom stereocenters. The number of hydrogen-bond donors (Lipinski definition) is 2. The van der Waals surface area contributed by atoms with Gasteiger partial charge in [0.1, 0.15) is 0 Å². The summed E-state index contributed by atoms with van der Waals surface area (Å²) in [5, 5.41) is 2.68. The van der Waals surface area contributed by atoms with Crippen LogP contribution in [0.2, 0.25) is 0 Å². The fourth-order valence-corrected chi connectivity index (χ4v) is 0.761. The quantitative estimate of drug-likeness (QED) is 0.493. The van der Waals surface area contributed by atoms with Crippen molar-refractivity contribution in [3.05, 3.63) is 0 Å². The standard InChI is InChI=1S/C10H18N2O/c1-5-6-7-12-9(13)8(11)10(2,3)4/h1,8H,6-7,11H2,2-4H3,(H,12,13). The molecule has 3 nitrogen and oxygen atoms in total. The molecule has 0 saturated heterocycles. The molecule has 0 saturated carbocycles. The van der Waals surface area contributed by atoms with Crippen molar-refractivity contribution in [1.29, 1.82) is 0 Å². The van der Waals surface area contributed by atoms with Gasteiger partial charge < -0.3 is 11.1 Å². The number of carbonyl (C=O) groups is 1. The average molecular weight is 182 g/mol. The molecule has 3 N–H and O–H groups in total. The molecule has 0 fully saturated rings. The summed E-state index contributed by atoms with van der Waals surface area (Å²) in [6, 6.07) is -0.481. The van der Waals surface area contributed by atoms with Crippen LogP contribution < -0.4 is 11.1 Å². The van der Waals surface area contributed by atoms with Gasteiger partial charge in [-0.15, -0.1) is 12.3 Å². The van der Waals surface area contributed by atoms with Crippen LogP contribution in [0.3, 0.4) is 0 Å². The largest absolute Gasteiger partial charge is 0.354 e. The van der Waals surface area contributed by atoms with E-state index in [9.17, 15) is 4.79 Å². The molecule has 0 rings (SSSR count). The van der Waals surface area contributed by atoms with E-state index in [1.54, 1.807) is 0 Å².